The van der Waals surface area contributed by atoms with Gasteiger partial charge in [-0.3, -0.25) is 9.59 Å². The van der Waals surface area contributed by atoms with Gasteiger partial charge in [-0.1, -0.05) is 19.1 Å². The van der Waals surface area contributed by atoms with Gasteiger partial charge in [-0.15, -0.1) is 0 Å². The molecule has 2 aromatic carbocycles. The van der Waals surface area contributed by atoms with Gasteiger partial charge in [0, 0.05) is 13.6 Å². The van der Waals surface area contributed by atoms with Crippen molar-refractivity contribution in [3.63, 3.8) is 0 Å². The normalized spacial score (nSPS) is 11.3. The van der Waals surface area contributed by atoms with Gasteiger partial charge in [-0.25, -0.2) is 0 Å². The van der Waals surface area contributed by atoms with E-state index in [4.69, 9.17) is 14.2 Å². The molecule has 0 unspecified atom stereocenters. The van der Waals surface area contributed by atoms with Gasteiger partial charge in [0.1, 0.15) is 23.3 Å². The quantitative estimate of drug-likeness (QED) is 0.663. The Labute approximate surface area is 171 Å². The Balaban J connectivity index is 2.17. The van der Waals surface area contributed by atoms with Gasteiger partial charge in [0.25, 0.3) is 5.91 Å². The first kappa shape index (κ1) is 22.1. The summed E-state index contributed by atoms with van der Waals surface area (Å²) in [5.74, 6) is 1.45. The van der Waals surface area contributed by atoms with Crippen LogP contribution in [0.1, 0.15) is 18.9 Å². The molecule has 1 atom stereocenters. The summed E-state index contributed by atoms with van der Waals surface area (Å²) < 4.78 is 16.0. The van der Waals surface area contributed by atoms with Crippen molar-refractivity contribution in [2.24, 2.45) is 0 Å². The average molecular weight is 400 g/mol. The summed E-state index contributed by atoms with van der Waals surface area (Å²) in [6, 6.07) is 13.8. The van der Waals surface area contributed by atoms with Crippen molar-refractivity contribution in [3.8, 4) is 17.2 Å². The first-order valence-electron chi connectivity index (χ1n) is 9.43. The highest BCUT2D eigenvalue weighted by molar-refractivity contribution is 5.88. The van der Waals surface area contributed by atoms with E-state index in [1.807, 2.05) is 31.2 Å². The zero-order valence-corrected chi connectivity index (χ0v) is 17.3. The molecule has 7 nitrogen and oxygen atoms in total. The van der Waals surface area contributed by atoms with Crippen molar-refractivity contribution in [3.05, 3.63) is 54.1 Å². The smallest absolute Gasteiger partial charge is 0.261 e. The number of carbonyl (C=O) groups excluding carboxylic acids is 2. The van der Waals surface area contributed by atoms with E-state index >= 15 is 0 Å². The Hall–Kier alpha value is -3.22. The van der Waals surface area contributed by atoms with E-state index in [0.29, 0.717) is 23.7 Å². The monoisotopic (exact) mass is 400 g/mol. The molecule has 156 valence electrons. The fourth-order valence-electron chi connectivity index (χ4n) is 2.95. The predicted molar refractivity (Wildman–Crippen MR) is 110 cm³/mol. The van der Waals surface area contributed by atoms with Crippen LogP contribution >= 0.6 is 0 Å². The average Bonchev–Trinajstić information content (AvgIpc) is 2.77. The number of nitrogens with one attached hydrogen (secondary N) is 1. The highest BCUT2D eigenvalue weighted by Gasteiger charge is 2.28. The van der Waals surface area contributed by atoms with E-state index in [1.165, 1.54) is 4.90 Å². The predicted octanol–water partition coefficient (Wildman–Crippen LogP) is 2.64. The second-order valence-corrected chi connectivity index (χ2v) is 6.38. The number of hydrogen-bond donors (Lipinski definition) is 1. The molecule has 0 spiro atoms. The van der Waals surface area contributed by atoms with E-state index in [2.05, 4.69) is 5.32 Å². The Morgan fingerprint density at radius 3 is 2.24 bits per heavy atom. The van der Waals surface area contributed by atoms with Crippen LogP contribution in [0.5, 0.6) is 17.2 Å². The minimum absolute atomic E-state index is 0.177. The van der Waals surface area contributed by atoms with E-state index in [9.17, 15) is 9.59 Å². The van der Waals surface area contributed by atoms with Crippen LogP contribution < -0.4 is 19.5 Å². The zero-order valence-electron chi connectivity index (χ0n) is 17.3. The summed E-state index contributed by atoms with van der Waals surface area (Å²) in [5, 5.41) is 2.63. The molecule has 2 rings (SSSR count). The van der Waals surface area contributed by atoms with Crippen LogP contribution in [-0.2, 0) is 16.1 Å². The Morgan fingerprint density at radius 1 is 1.00 bits per heavy atom. The summed E-state index contributed by atoms with van der Waals surface area (Å²) >= 11 is 0. The third-order valence-electron chi connectivity index (χ3n) is 4.54. The number of methoxy groups -OCH3 is 2. The molecule has 0 aliphatic carbocycles. The summed E-state index contributed by atoms with van der Waals surface area (Å²) in [5.41, 5.74) is 0.865. The largest absolute Gasteiger partial charge is 0.497 e. The third kappa shape index (κ3) is 6.14. The molecule has 0 aliphatic rings. The maximum Gasteiger partial charge on any atom is 0.261 e. The van der Waals surface area contributed by atoms with Gasteiger partial charge >= 0.3 is 0 Å². The SMILES string of the molecule is CC[C@@H](C(=O)NC)N(Cc1cccc(OC)c1)C(=O)COc1ccc(OC)cc1. The molecule has 2 amide bonds. The summed E-state index contributed by atoms with van der Waals surface area (Å²) in [4.78, 5) is 26.9. The molecule has 0 aliphatic heterocycles. The van der Waals surface area contributed by atoms with Crippen LogP contribution in [-0.4, -0.2) is 50.6 Å². The minimum Gasteiger partial charge on any atom is -0.497 e. The molecule has 29 heavy (non-hydrogen) atoms. The van der Waals surface area contributed by atoms with Gasteiger partial charge < -0.3 is 24.4 Å². The van der Waals surface area contributed by atoms with Crippen molar-refractivity contribution in [2.45, 2.75) is 25.9 Å². The van der Waals surface area contributed by atoms with Crippen LogP contribution in [0.4, 0.5) is 0 Å². The third-order valence-corrected chi connectivity index (χ3v) is 4.54. The molecule has 1 N–H and O–H groups in total. The number of rotatable bonds is 10. The molecule has 0 aromatic heterocycles. The second-order valence-electron chi connectivity index (χ2n) is 6.38. The summed E-state index contributed by atoms with van der Waals surface area (Å²) in [6.45, 7) is 1.97. The molecule has 0 fully saturated rings. The molecule has 0 heterocycles. The first-order valence-corrected chi connectivity index (χ1v) is 9.43. The van der Waals surface area contributed by atoms with Crippen molar-refractivity contribution in [1.82, 2.24) is 10.2 Å². The lowest BCUT2D eigenvalue weighted by Crippen LogP contribution is -2.49. The lowest BCUT2D eigenvalue weighted by atomic mass is 10.1. The Kier molecular flexibility index (Phi) is 8.33. The maximum atomic E-state index is 13.0. The van der Waals surface area contributed by atoms with E-state index in [1.54, 1.807) is 45.5 Å². The summed E-state index contributed by atoms with van der Waals surface area (Å²) in [6.07, 6.45) is 0.484. The number of amides is 2. The Morgan fingerprint density at radius 2 is 1.66 bits per heavy atom. The Bertz CT molecular complexity index is 807. The number of nitrogens with zero attached hydrogens (tertiary/aromatic N) is 1. The highest BCUT2D eigenvalue weighted by Crippen LogP contribution is 2.19. The number of carbonyl (C=O) groups is 2. The van der Waals surface area contributed by atoms with Gasteiger partial charge in [-0.05, 0) is 48.4 Å². The molecule has 0 saturated heterocycles. The van der Waals surface area contributed by atoms with Crippen LogP contribution in [0.3, 0.4) is 0 Å². The number of ether oxygens (including phenoxy) is 3. The van der Waals surface area contributed by atoms with Crippen molar-refractivity contribution in [2.75, 3.05) is 27.9 Å². The number of benzene rings is 2. The molecule has 7 heteroatoms. The molecule has 2 aromatic rings. The molecular formula is C22H28N2O5. The fourth-order valence-corrected chi connectivity index (χ4v) is 2.95. The summed E-state index contributed by atoms with van der Waals surface area (Å²) in [7, 11) is 4.73. The standard InChI is InChI=1S/C22H28N2O5/c1-5-20(22(26)23-2)24(14-16-7-6-8-19(13-16)28-4)21(25)15-29-18-11-9-17(27-3)10-12-18/h6-13,20H,5,14-15H2,1-4H3,(H,23,26)/t20-/m0/s1. The zero-order chi connectivity index (χ0) is 21.2. The first-order chi connectivity index (χ1) is 14.0. The van der Waals surface area contributed by atoms with Gasteiger partial charge in [0.15, 0.2) is 6.61 Å². The maximum absolute atomic E-state index is 13.0. The van der Waals surface area contributed by atoms with Gasteiger partial charge in [0.2, 0.25) is 5.91 Å². The van der Waals surface area contributed by atoms with Gasteiger partial charge in [0.05, 0.1) is 14.2 Å². The number of likely N-dealkylation sites (N-methyl/N-ethyl adjacent to an activating group) is 1. The van der Waals surface area contributed by atoms with Gasteiger partial charge in [-0.2, -0.15) is 0 Å². The topological polar surface area (TPSA) is 77.1 Å². The molecule has 0 saturated carbocycles. The lowest BCUT2D eigenvalue weighted by molar-refractivity contribution is -0.142. The van der Waals surface area contributed by atoms with Crippen molar-refractivity contribution < 1.29 is 23.8 Å². The van der Waals surface area contributed by atoms with E-state index < -0.39 is 6.04 Å². The minimum atomic E-state index is -0.599. The van der Waals surface area contributed by atoms with E-state index in [-0.39, 0.29) is 25.0 Å². The van der Waals surface area contributed by atoms with Crippen LogP contribution in [0, 0.1) is 0 Å². The van der Waals surface area contributed by atoms with Crippen molar-refractivity contribution >= 4 is 11.8 Å². The lowest BCUT2D eigenvalue weighted by Gasteiger charge is -2.30. The number of hydrogen-bond acceptors (Lipinski definition) is 5. The fraction of sp³-hybridized carbons (Fsp3) is 0.364. The van der Waals surface area contributed by atoms with Crippen LogP contribution in [0.25, 0.3) is 0 Å². The van der Waals surface area contributed by atoms with Crippen molar-refractivity contribution in [1.29, 1.82) is 0 Å². The molecule has 0 radical (unpaired) electrons. The molecule has 0 bridgehead atoms. The highest BCUT2D eigenvalue weighted by atomic mass is 16.5. The van der Waals surface area contributed by atoms with Crippen LogP contribution in [0.2, 0.25) is 0 Å². The molecular weight excluding hydrogens is 372 g/mol. The second kappa shape index (κ2) is 10.9. The van der Waals surface area contributed by atoms with Crippen LogP contribution in [0.15, 0.2) is 48.5 Å². The van der Waals surface area contributed by atoms with E-state index in [0.717, 1.165) is 5.56 Å².